The second-order valence-corrected chi connectivity index (χ2v) is 7.75. The van der Waals surface area contributed by atoms with E-state index in [-0.39, 0.29) is 0 Å². The Bertz CT molecular complexity index is 1040. The Balaban J connectivity index is 1.41. The van der Waals surface area contributed by atoms with Crippen LogP contribution >= 0.6 is 11.3 Å². The number of nitrogens with zero attached hydrogens (tertiary/aromatic N) is 6. The average Bonchev–Trinajstić information content (AvgIpc) is 3.38. The van der Waals surface area contributed by atoms with Crippen molar-refractivity contribution in [1.29, 1.82) is 0 Å². The average molecular weight is 376 g/mol. The molecule has 4 aromatic heterocycles. The van der Waals surface area contributed by atoms with Crippen LogP contribution in [0.1, 0.15) is 30.3 Å². The van der Waals surface area contributed by atoms with Crippen molar-refractivity contribution in [2.24, 2.45) is 0 Å². The fourth-order valence-electron chi connectivity index (χ4n) is 3.89. The Kier molecular flexibility index (Phi) is 4.29. The molecular weight excluding hydrogens is 356 g/mol. The second-order valence-electron chi connectivity index (χ2n) is 6.86. The molecule has 5 rings (SSSR count). The van der Waals surface area contributed by atoms with Crippen LogP contribution in [0.4, 0.5) is 5.82 Å². The molecular formula is C20H20N6S. The smallest absolute Gasteiger partial charge is 0.140 e. The van der Waals surface area contributed by atoms with E-state index >= 15 is 0 Å². The molecule has 7 heteroatoms. The fraction of sp³-hybridized carbons (Fsp3) is 0.300. The van der Waals surface area contributed by atoms with E-state index in [0.717, 1.165) is 60.0 Å². The molecule has 6 nitrogen and oxygen atoms in total. The van der Waals surface area contributed by atoms with Gasteiger partial charge in [-0.05, 0) is 36.4 Å². The number of pyridine rings is 1. The highest BCUT2D eigenvalue weighted by atomic mass is 32.1. The molecule has 1 fully saturated rings. The van der Waals surface area contributed by atoms with Gasteiger partial charge in [-0.15, -0.1) is 11.3 Å². The molecule has 136 valence electrons. The molecule has 0 amide bonds. The first kappa shape index (κ1) is 16.4. The number of thiophene rings is 1. The largest absolute Gasteiger partial charge is 0.355 e. The van der Waals surface area contributed by atoms with Crippen molar-refractivity contribution in [2.45, 2.75) is 25.3 Å². The maximum absolute atomic E-state index is 4.69. The van der Waals surface area contributed by atoms with Crippen molar-refractivity contribution in [1.82, 2.24) is 24.5 Å². The van der Waals surface area contributed by atoms with Gasteiger partial charge in [-0.3, -0.25) is 4.98 Å². The summed E-state index contributed by atoms with van der Waals surface area (Å²) in [6.07, 6.45) is 9.77. The minimum Gasteiger partial charge on any atom is -0.355 e. The zero-order valence-electron chi connectivity index (χ0n) is 14.9. The molecule has 1 saturated heterocycles. The van der Waals surface area contributed by atoms with Gasteiger partial charge in [-0.2, -0.15) is 0 Å². The fourth-order valence-corrected chi connectivity index (χ4v) is 4.62. The molecule has 4 aromatic rings. The topological polar surface area (TPSA) is 59.7 Å². The standard InChI is InChI=1S/C20H20N6S/c1-2-7-21-16(5-1)13-26-10-8-22-18(26)15-4-3-9-25(12-15)19-17-6-11-27-20(17)24-14-23-19/h1-2,5-8,10-11,14-15H,3-4,9,12-13H2/t15-/m1/s1. The number of anilines is 1. The van der Waals surface area contributed by atoms with Gasteiger partial charge in [0.1, 0.15) is 22.8 Å². The van der Waals surface area contributed by atoms with Crippen molar-refractivity contribution in [3.05, 3.63) is 66.1 Å². The maximum Gasteiger partial charge on any atom is 0.140 e. The van der Waals surface area contributed by atoms with Gasteiger partial charge in [0, 0.05) is 37.6 Å². The van der Waals surface area contributed by atoms with E-state index in [2.05, 4.69) is 48.1 Å². The van der Waals surface area contributed by atoms with Gasteiger partial charge in [0.15, 0.2) is 0 Å². The lowest BCUT2D eigenvalue weighted by molar-refractivity contribution is 0.474. The highest BCUT2D eigenvalue weighted by Gasteiger charge is 2.26. The first-order valence-corrected chi connectivity index (χ1v) is 10.1. The monoisotopic (exact) mass is 376 g/mol. The molecule has 0 saturated carbocycles. The summed E-state index contributed by atoms with van der Waals surface area (Å²) >= 11 is 1.67. The first-order valence-electron chi connectivity index (χ1n) is 9.22. The third kappa shape index (κ3) is 3.19. The molecule has 0 aromatic carbocycles. The van der Waals surface area contributed by atoms with Crippen molar-refractivity contribution >= 4 is 27.4 Å². The quantitative estimate of drug-likeness (QED) is 0.543. The van der Waals surface area contributed by atoms with E-state index in [9.17, 15) is 0 Å². The zero-order chi connectivity index (χ0) is 18.1. The molecule has 1 aliphatic rings. The maximum atomic E-state index is 4.69. The van der Waals surface area contributed by atoms with Gasteiger partial charge in [-0.1, -0.05) is 6.07 Å². The minimum absolute atomic E-state index is 0.390. The molecule has 1 atom stereocenters. The van der Waals surface area contributed by atoms with Crippen LogP contribution in [0.2, 0.25) is 0 Å². The van der Waals surface area contributed by atoms with E-state index in [1.165, 1.54) is 0 Å². The normalized spacial score (nSPS) is 17.5. The summed E-state index contributed by atoms with van der Waals surface area (Å²) in [6.45, 7) is 2.72. The molecule has 0 radical (unpaired) electrons. The summed E-state index contributed by atoms with van der Waals surface area (Å²) < 4.78 is 2.23. The minimum atomic E-state index is 0.390. The number of fused-ring (bicyclic) bond motifs is 1. The Morgan fingerprint density at radius 2 is 2.07 bits per heavy atom. The van der Waals surface area contributed by atoms with E-state index in [4.69, 9.17) is 4.98 Å². The summed E-state index contributed by atoms with van der Waals surface area (Å²) in [5.74, 6) is 2.58. The Morgan fingerprint density at radius 1 is 1.07 bits per heavy atom. The van der Waals surface area contributed by atoms with Crippen LogP contribution in [0.3, 0.4) is 0 Å². The molecule has 27 heavy (non-hydrogen) atoms. The number of imidazole rings is 1. The third-order valence-corrected chi connectivity index (χ3v) is 5.95. The van der Waals surface area contributed by atoms with Crippen LogP contribution < -0.4 is 4.90 Å². The summed E-state index contributed by atoms with van der Waals surface area (Å²) in [7, 11) is 0. The van der Waals surface area contributed by atoms with Gasteiger partial charge in [0.25, 0.3) is 0 Å². The van der Waals surface area contributed by atoms with Crippen molar-refractivity contribution < 1.29 is 0 Å². The highest BCUT2D eigenvalue weighted by Crippen LogP contribution is 2.32. The van der Waals surface area contributed by atoms with Gasteiger partial charge >= 0.3 is 0 Å². The van der Waals surface area contributed by atoms with Crippen molar-refractivity contribution in [3.63, 3.8) is 0 Å². The molecule has 0 unspecified atom stereocenters. The van der Waals surface area contributed by atoms with Crippen LogP contribution in [0, 0.1) is 0 Å². The summed E-state index contributed by atoms with van der Waals surface area (Å²) in [5, 5.41) is 3.24. The lowest BCUT2D eigenvalue weighted by Gasteiger charge is -2.33. The van der Waals surface area contributed by atoms with Crippen LogP contribution in [0.15, 0.2) is 54.6 Å². The molecule has 0 spiro atoms. The predicted octanol–water partition coefficient (Wildman–Crippen LogP) is 3.72. The lowest BCUT2D eigenvalue weighted by atomic mass is 9.97. The molecule has 0 bridgehead atoms. The predicted molar refractivity (Wildman–Crippen MR) is 107 cm³/mol. The molecule has 1 aliphatic heterocycles. The van der Waals surface area contributed by atoms with E-state index in [0.29, 0.717) is 5.92 Å². The first-order chi connectivity index (χ1) is 13.4. The summed E-state index contributed by atoms with van der Waals surface area (Å²) in [5.41, 5.74) is 1.06. The number of piperidine rings is 1. The van der Waals surface area contributed by atoms with Crippen LogP contribution in [0.5, 0.6) is 0 Å². The third-order valence-electron chi connectivity index (χ3n) is 5.13. The van der Waals surface area contributed by atoms with Gasteiger partial charge in [0.05, 0.1) is 17.6 Å². The van der Waals surface area contributed by atoms with Crippen molar-refractivity contribution in [3.8, 4) is 0 Å². The lowest BCUT2D eigenvalue weighted by Crippen LogP contribution is -2.36. The number of aromatic nitrogens is 5. The van der Waals surface area contributed by atoms with Gasteiger partial charge in [0.2, 0.25) is 0 Å². The van der Waals surface area contributed by atoms with Crippen LogP contribution in [-0.2, 0) is 6.54 Å². The SMILES string of the molecule is c1ccc(Cn2ccnc2[C@@H]2CCCN(c3ncnc4sccc34)C2)nc1. The summed E-state index contributed by atoms with van der Waals surface area (Å²) in [6, 6.07) is 8.17. The van der Waals surface area contributed by atoms with Crippen molar-refractivity contribution in [2.75, 3.05) is 18.0 Å². The van der Waals surface area contributed by atoms with Crippen LogP contribution in [0.25, 0.3) is 10.2 Å². The summed E-state index contributed by atoms with van der Waals surface area (Å²) in [4.78, 5) is 21.6. The van der Waals surface area contributed by atoms with E-state index in [1.807, 2.05) is 24.5 Å². The second kappa shape index (κ2) is 7.08. The van der Waals surface area contributed by atoms with E-state index < -0.39 is 0 Å². The van der Waals surface area contributed by atoms with Crippen LogP contribution in [-0.4, -0.2) is 37.6 Å². The molecule has 0 N–H and O–H groups in total. The Labute approximate surface area is 161 Å². The van der Waals surface area contributed by atoms with Gasteiger partial charge < -0.3 is 9.47 Å². The number of rotatable bonds is 4. The molecule has 5 heterocycles. The highest BCUT2D eigenvalue weighted by molar-refractivity contribution is 7.16. The molecule has 0 aliphatic carbocycles. The Hall–Kier alpha value is -2.80. The van der Waals surface area contributed by atoms with E-state index in [1.54, 1.807) is 17.7 Å². The number of hydrogen-bond acceptors (Lipinski definition) is 6. The van der Waals surface area contributed by atoms with Gasteiger partial charge in [-0.25, -0.2) is 15.0 Å². The zero-order valence-corrected chi connectivity index (χ0v) is 15.7. The number of hydrogen-bond donors (Lipinski definition) is 0. The Morgan fingerprint density at radius 3 is 3.00 bits per heavy atom.